The van der Waals surface area contributed by atoms with Crippen molar-refractivity contribution in [3.63, 3.8) is 0 Å². The fraction of sp³-hybridized carbons (Fsp3) is 0.0526. The average molecular weight is 337 g/mol. The molecule has 25 heavy (non-hydrogen) atoms. The van der Waals surface area contributed by atoms with Gasteiger partial charge in [-0.15, -0.1) is 0 Å². The molecule has 1 heterocycles. The highest BCUT2D eigenvalue weighted by molar-refractivity contribution is 6.14. The van der Waals surface area contributed by atoms with E-state index >= 15 is 0 Å². The largest absolute Gasteiger partial charge is 0.349 e. The van der Waals surface area contributed by atoms with Gasteiger partial charge in [-0.2, -0.15) is 4.39 Å². The summed E-state index contributed by atoms with van der Waals surface area (Å²) in [7, 11) is 0. The molecule has 3 N–H and O–H groups in total. The van der Waals surface area contributed by atoms with Gasteiger partial charge in [0.2, 0.25) is 0 Å². The molecule has 3 aromatic rings. The number of aromatic amines is 1. The first-order chi connectivity index (χ1) is 12.0. The summed E-state index contributed by atoms with van der Waals surface area (Å²) in [5.41, 5.74) is 0.572. The summed E-state index contributed by atoms with van der Waals surface area (Å²) in [5, 5.41) is 10.9. The molecule has 0 aliphatic carbocycles. The lowest BCUT2D eigenvalue weighted by Crippen LogP contribution is -2.20. The summed E-state index contributed by atoms with van der Waals surface area (Å²) in [5.74, 6) is -1.84. The van der Waals surface area contributed by atoms with Crippen LogP contribution >= 0.6 is 0 Å². The first-order valence-electron chi connectivity index (χ1n) is 7.39. The summed E-state index contributed by atoms with van der Waals surface area (Å²) in [6.07, 6.45) is 1.34. The molecule has 6 heteroatoms. The zero-order valence-corrected chi connectivity index (χ0v) is 13.2. The number of pyridine rings is 1. The number of aryl methyl sites for hydroxylation is 1. The Morgan fingerprint density at radius 2 is 1.92 bits per heavy atom. The number of halogens is 2. The summed E-state index contributed by atoms with van der Waals surface area (Å²) >= 11 is 0. The van der Waals surface area contributed by atoms with E-state index in [2.05, 4.69) is 22.4 Å². The smallest absolute Gasteiger partial charge is 0.259 e. The van der Waals surface area contributed by atoms with Crippen LogP contribution in [0.25, 0.3) is 0 Å². The highest BCUT2D eigenvalue weighted by Gasteiger charge is 2.17. The molecule has 0 amide bonds. The third-order valence-corrected chi connectivity index (χ3v) is 3.65. The van der Waals surface area contributed by atoms with Crippen molar-refractivity contribution in [3.8, 4) is 0 Å². The summed E-state index contributed by atoms with van der Waals surface area (Å²) in [6, 6.07) is 13.8. The Morgan fingerprint density at radius 3 is 2.60 bits per heavy atom. The highest BCUT2D eigenvalue weighted by atomic mass is 19.1. The Morgan fingerprint density at radius 1 is 1.20 bits per heavy atom. The Kier molecular flexibility index (Phi) is 4.31. The van der Waals surface area contributed by atoms with Crippen LogP contribution in [0.1, 0.15) is 16.7 Å². The molecule has 0 radical (unpaired) electrons. The van der Waals surface area contributed by atoms with Crippen LogP contribution in [-0.4, -0.2) is 10.7 Å². The van der Waals surface area contributed by atoms with Crippen molar-refractivity contribution in [2.75, 3.05) is 5.32 Å². The Labute approximate surface area is 142 Å². The van der Waals surface area contributed by atoms with E-state index in [-0.39, 0.29) is 17.0 Å². The molecular weight excluding hydrogens is 324 g/mol. The van der Waals surface area contributed by atoms with Gasteiger partial charge in [-0.25, -0.2) is 4.39 Å². The molecule has 0 unspecified atom stereocenters. The number of hydrogen-bond donors (Lipinski definition) is 3. The molecule has 4 nitrogen and oxygen atoms in total. The van der Waals surface area contributed by atoms with Crippen molar-refractivity contribution in [2.24, 2.45) is 0 Å². The number of rotatable bonds is 4. The third-order valence-electron chi connectivity index (χ3n) is 3.65. The predicted octanol–water partition coefficient (Wildman–Crippen LogP) is 3.72. The molecule has 0 bridgehead atoms. The Bertz CT molecular complexity index is 974. The van der Waals surface area contributed by atoms with Crippen LogP contribution in [0, 0.1) is 36.1 Å². The molecule has 3 rings (SSSR count). The predicted molar refractivity (Wildman–Crippen MR) is 91.5 cm³/mol. The normalized spacial score (nSPS) is 10.2. The van der Waals surface area contributed by atoms with Crippen LogP contribution in [-0.2, 0) is 0 Å². The maximum atomic E-state index is 13.8. The standard InChI is InChI=1S/C19H13F2N3O/c1-11-5-7-12(8-6-11)17(22)16-15(9-10-23-19(16)25)24-18-13(20)3-2-4-14(18)21/h3,5-10,22H,1H3,(H2,23,24,25). The molecule has 124 valence electrons. The van der Waals surface area contributed by atoms with Crippen LogP contribution in [0.15, 0.2) is 47.4 Å². The van der Waals surface area contributed by atoms with E-state index in [9.17, 15) is 13.6 Å². The van der Waals surface area contributed by atoms with Gasteiger partial charge < -0.3 is 10.3 Å². The fourth-order valence-electron chi connectivity index (χ4n) is 2.35. The van der Waals surface area contributed by atoms with Gasteiger partial charge in [0.15, 0.2) is 11.6 Å². The van der Waals surface area contributed by atoms with Crippen LogP contribution in [0.2, 0.25) is 0 Å². The quantitative estimate of drug-likeness (QED) is 0.635. The maximum Gasteiger partial charge on any atom is 0.259 e. The number of anilines is 2. The molecule has 0 aliphatic heterocycles. The van der Waals surface area contributed by atoms with Crippen molar-refractivity contribution in [2.45, 2.75) is 6.92 Å². The molecule has 1 aromatic heterocycles. The number of hydrogen-bond acceptors (Lipinski definition) is 3. The minimum atomic E-state index is -0.965. The van der Waals surface area contributed by atoms with Crippen molar-refractivity contribution < 1.29 is 8.78 Å². The van der Waals surface area contributed by atoms with Gasteiger partial charge >= 0.3 is 0 Å². The SMILES string of the molecule is Cc1ccc(C(=N)c2c(Nc3c(F)c#ccc3F)cc[nH]c2=O)cc1. The zero-order chi connectivity index (χ0) is 18.0. The van der Waals surface area contributed by atoms with Gasteiger partial charge in [0.1, 0.15) is 5.69 Å². The molecule has 2 aromatic carbocycles. The van der Waals surface area contributed by atoms with E-state index in [1.165, 1.54) is 12.3 Å². The van der Waals surface area contributed by atoms with Gasteiger partial charge in [0, 0.05) is 17.8 Å². The third kappa shape index (κ3) is 3.26. The molecule has 0 saturated heterocycles. The Hall–Kier alpha value is -3.46. The second kappa shape index (κ2) is 6.57. The lowest BCUT2D eigenvalue weighted by molar-refractivity contribution is 0.592. The summed E-state index contributed by atoms with van der Waals surface area (Å²) < 4.78 is 27.7. The molecular formula is C19H13F2N3O. The van der Waals surface area contributed by atoms with E-state index < -0.39 is 22.9 Å². The van der Waals surface area contributed by atoms with Gasteiger partial charge in [0.05, 0.1) is 17.0 Å². The minimum absolute atomic E-state index is 0.0158. The maximum absolute atomic E-state index is 13.8. The van der Waals surface area contributed by atoms with E-state index in [4.69, 9.17) is 5.41 Å². The number of nitrogens with one attached hydrogen (secondary N) is 3. The molecule has 0 saturated carbocycles. The number of H-pyrrole nitrogens is 1. The van der Waals surface area contributed by atoms with Crippen LogP contribution in [0.4, 0.5) is 20.2 Å². The average Bonchev–Trinajstić information content (AvgIpc) is 2.58. The molecule has 0 aliphatic rings. The van der Waals surface area contributed by atoms with Crippen LogP contribution < -0.4 is 10.9 Å². The fourth-order valence-corrected chi connectivity index (χ4v) is 2.35. The number of aromatic nitrogens is 1. The summed E-state index contributed by atoms with van der Waals surface area (Å²) in [4.78, 5) is 14.7. The van der Waals surface area contributed by atoms with Gasteiger partial charge in [0.25, 0.3) is 5.56 Å². The lowest BCUT2D eigenvalue weighted by atomic mass is 10.0. The van der Waals surface area contributed by atoms with Crippen molar-refractivity contribution in [1.82, 2.24) is 4.98 Å². The number of benzene rings is 1. The summed E-state index contributed by atoms with van der Waals surface area (Å²) in [6.45, 7) is 1.91. The first-order valence-corrected chi connectivity index (χ1v) is 7.39. The Balaban J connectivity index is 2.08. The van der Waals surface area contributed by atoms with E-state index in [1.54, 1.807) is 12.1 Å². The van der Waals surface area contributed by atoms with Gasteiger partial charge in [-0.1, -0.05) is 35.9 Å². The highest BCUT2D eigenvalue weighted by Crippen LogP contribution is 2.24. The minimum Gasteiger partial charge on any atom is -0.349 e. The van der Waals surface area contributed by atoms with Crippen molar-refractivity contribution in [3.05, 3.63) is 93.4 Å². The topological polar surface area (TPSA) is 68.7 Å². The van der Waals surface area contributed by atoms with E-state index in [0.717, 1.165) is 11.6 Å². The first kappa shape index (κ1) is 16.4. The van der Waals surface area contributed by atoms with Gasteiger partial charge in [-0.3, -0.25) is 10.2 Å². The van der Waals surface area contributed by atoms with Crippen LogP contribution in [0.5, 0.6) is 0 Å². The monoisotopic (exact) mass is 337 g/mol. The van der Waals surface area contributed by atoms with Gasteiger partial charge in [-0.05, 0) is 19.1 Å². The lowest BCUT2D eigenvalue weighted by Gasteiger charge is -2.13. The van der Waals surface area contributed by atoms with Crippen molar-refractivity contribution in [1.29, 1.82) is 5.41 Å². The van der Waals surface area contributed by atoms with Crippen LogP contribution in [0.3, 0.4) is 0 Å². The second-order valence-electron chi connectivity index (χ2n) is 5.41. The molecule has 0 spiro atoms. The molecule has 0 fully saturated rings. The van der Waals surface area contributed by atoms with E-state index in [1.807, 2.05) is 19.1 Å². The molecule has 0 atom stereocenters. The van der Waals surface area contributed by atoms with Crippen molar-refractivity contribution >= 4 is 17.1 Å². The zero-order valence-electron chi connectivity index (χ0n) is 13.2. The second-order valence-corrected chi connectivity index (χ2v) is 5.41. The van der Waals surface area contributed by atoms with E-state index in [0.29, 0.717) is 5.56 Å².